The van der Waals surface area contributed by atoms with Crippen molar-refractivity contribution in [1.29, 1.82) is 0 Å². The van der Waals surface area contributed by atoms with Gasteiger partial charge in [-0.05, 0) is 29.5 Å². The molecule has 3 aromatic heterocycles. The molecule has 1 N–H and O–H groups in total. The van der Waals surface area contributed by atoms with Crippen molar-refractivity contribution in [2.24, 2.45) is 0 Å². The first-order valence-electron chi connectivity index (χ1n) is 6.95. The second-order valence-electron chi connectivity index (χ2n) is 4.76. The second-order valence-corrected chi connectivity index (χ2v) is 5.71. The highest BCUT2D eigenvalue weighted by Gasteiger charge is 2.08. The Hall–Kier alpha value is -2.47. The van der Waals surface area contributed by atoms with Gasteiger partial charge in [0, 0.05) is 18.8 Å². The van der Waals surface area contributed by atoms with Gasteiger partial charge in [0.25, 0.3) is 0 Å². The lowest BCUT2D eigenvalue weighted by molar-refractivity contribution is -0.121. The molecule has 3 aromatic rings. The molecular formula is C16H15N3O2S. The summed E-state index contributed by atoms with van der Waals surface area (Å²) < 4.78 is 5.41. The number of pyridine rings is 1. The number of rotatable bonds is 6. The topological polar surface area (TPSA) is 68.0 Å². The summed E-state index contributed by atoms with van der Waals surface area (Å²) in [6.07, 6.45) is 6.19. The SMILES string of the molecule is O=C(CCc1cccnc1)NCc1coc(-c2cccs2)n1. The number of oxazole rings is 1. The highest BCUT2D eigenvalue weighted by Crippen LogP contribution is 2.23. The molecule has 0 fully saturated rings. The summed E-state index contributed by atoms with van der Waals surface area (Å²) in [5, 5.41) is 4.82. The van der Waals surface area contributed by atoms with Gasteiger partial charge in [0.1, 0.15) is 6.26 Å². The third kappa shape index (κ3) is 3.79. The minimum atomic E-state index is -0.00970. The van der Waals surface area contributed by atoms with E-state index in [1.807, 2.05) is 29.6 Å². The lowest BCUT2D eigenvalue weighted by atomic mass is 10.1. The van der Waals surface area contributed by atoms with E-state index in [1.54, 1.807) is 30.0 Å². The van der Waals surface area contributed by atoms with Gasteiger partial charge in [-0.1, -0.05) is 12.1 Å². The number of hydrogen-bond acceptors (Lipinski definition) is 5. The van der Waals surface area contributed by atoms with Gasteiger partial charge in [-0.25, -0.2) is 4.98 Å². The summed E-state index contributed by atoms with van der Waals surface area (Å²) in [5.74, 6) is 0.583. The fourth-order valence-electron chi connectivity index (χ4n) is 1.98. The van der Waals surface area contributed by atoms with Crippen molar-refractivity contribution in [1.82, 2.24) is 15.3 Å². The van der Waals surface area contributed by atoms with Gasteiger partial charge >= 0.3 is 0 Å². The Morgan fingerprint density at radius 2 is 2.27 bits per heavy atom. The molecule has 0 radical (unpaired) electrons. The number of carbonyl (C=O) groups excluding carboxylic acids is 1. The molecule has 0 aliphatic carbocycles. The molecule has 0 unspecified atom stereocenters. The average molecular weight is 313 g/mol. The zero-order valence-corrected chi connectivity index (χ0v) is 12.7. The lowest BCUT2D eigenvalue weighted by Gasteiger charge is -2.02. The minimum Gasteiger partial charge on any atom is -0.443 e. The lowest BCUT2D eigenvalue weighted by Crippen LogP contribution is -2.23. The maximum atomic E-state index is 11.8. The summed E-state index contributed by atoms with van der Waals surface area (Å²) in [7, 11) is 0. The molecule has 6 heteroatoms. The van der Waals surface area contributed by atoms with Crippen LogP contribution in [0.15, 0.2) is 52.7 Å². The van der Waals surface area contributed by atoms with Crippen LogP contribution in [-0.4, -0.2) is 15.9 Å². The number of hydrogen-bond donors (Lipinski definition) is 1. The number of aromatic nitrogens is 2. The molecule has 3 rings (SSSR count). The first-order chi connectivity index (χ1) is 10.8. The molecule has 0 saturated carbocycles. The molecule has 0 aromatic carbocycles. The first kappa shape index (κ1) is 14.5. The molecule has 0 aliphatic heterocycles. The number of carbonyl (C=O) groups is 1. The molecule has 0 aliphatic rings. The second kappa shape index (κ2) is 7.00. The highest BCUT2D eigenvalue weighted by atomic mass is 32.1. The van der Waals surface area contributed by atoms with E-state index in [0.717, 1.165) is 16.1 Å². The Morgan fingerprint density at radius 1 is 1.32 bits per heavy atom. The smallest absolute Gasteiger partial charge is 0.236 e. The van der Waals surface area contributed by atoms with Crippen LogP contribution in [0.1, 0.15) is 17.7 Å². The van der Waals surface area contributed by atoms with Crippen molar-refractivity contribution >= 4 is 17.2 Å². The number of nitrogens with zero attached hydrogens (tertiary/aromatic N) is 2. The maximum absolute atomic E-state index is 11.8. The van der Waals surface area contributed by atoms with Gasteiger partial charge in [-0.2, -0.15) is 0 Å². The molecule has 1 amide bonds. The van der Waals surface area contributed by atoms with Crippen LogP contribution in [0, 0.1) is 0 Å². The van der Waals surface area contributed by atoms with Crippen molar-refractivity contribution in [2.45, 2.75) is 19.4 Å². The number of nitrogens with one attached hydrogen (secondary N) is 1. The number of thiophene rings is 1. The van der Waals surface area contributed by atoms with E-state index in [4.69, 9.17) is 4.42 Å². The first-order valence-corrected chi connectivity index (χ1v) is 7.83. The van der Waals surface area contributed by atoms with E-state index in [2.05, 4.69) is 15.3 Å². The van der Waals surface area contributed by atoms with Crippen LogP contribution in [-0.2, 0) is 17.8 Å². The van der Waals surface area contributed by atoms with Gasteiger partial charge in [0.15, 0.2) is 0 Å². The summed E-state index contributed by atoms with van der Waals surface area (Å²) in [6.45, 7) is 0.376. The fourth-order valence-corrected chi connectivity index (χ4v) is 2.64. The van der Waals surface area contributed by atoms with Crippen molar-refractivity contribution in [3.05, 3.63) is 59.6 Å². The molecule has 112 valence electrons. The highest BCUT2D eigenvalue weighted by molar-refractivity contribution is 7.13. The molecule has 22 heavy (non-hydrogen) atoms. The third-order valence-corrected chi connectivity index (χ3v) is 3.97. The molecule has 3 heterocycles. The van der Waals surface area contributed by atoms with E-state index in [0.29, 0.717) is 25.3 Å². The third-order valence-electron chi connectivity index (χ3n) is 3.11. The molecule has 0 atom stereocenters. The van der Waals surface area contributed by atoms with Gasteiger partial charge < -0.3 is 9.73 Å². The van der Waals surface area contributed by atoms with E-state index in [-0.39, 0.29) is 5.91 Å². The van der Waals surface area contributed by atoms with Crippen molar-refractivity contribution in [3.63, 3.8) is 0 Å². The minimum absolute atomic E-state index is 0.00970. The number of aryl methyl sites for hydroxylation is 1. The Morgan fingerprint density at radius 3 is 3.05 bits per heavy atom. The molecule has 0 saturated heterocycles. The van der Waals surface area contributed by atoms with Crippen LogP contribution < -0.4 is 5.32 Å². The van der Waals surface area contributed by atoms with Crippen molar-refractivity contribution < 1.29 is 9.21 Å². The average Bonchev–Trinajstić information content (AvgIpc) is 3.22. The van der Waals surface area contributed by atoms with Gasteiger partial charge in [-0.15, -0.1) is 11.3 Å². The van der Waals surface area contributed by atoms with Crippen molar-refractivity contribution in [2.75, 3.05) is 0 Å². The van der Waals surface area contributed by atoms with Crippen LogP contribution in [0.25, 0.3) is 10.8 Å². The van der Waals surface area contributed by atoms with Crippen LogP contribution in [0.2, 0.25) is 0 Å². The monoisotopic (exact) mass is 313 g/mol. The van der Waals surface area contributed by atoms with Crippen LogP contribution in [0.3, 0.4) is 0 Å². The molecule has 0 spiro atoms. The van der Waals surface area contributed by atoms with Gasteiger partial charge in [-0.3, -0.25) is 9.78 Å². The molecule has 5 nitrogen and oxygen atoms in total. The van der Waals surface area contributed by atoms with E-state index >= 15 is 0 Å². The van der Waals surface area contributed by atoms with Gasteiger partial charge in [0.2, 0.25) is 11.8 Å². The predicted molar refractivity (Wildman–Crippen MR) is 84.2 cm³/mol. The van der Waals surface area contributed by atoms with Crippen molar-refractivity contribution in [3.8, 4) is 10.8 Å². The zero-order chi connectivity index (χ0) is 15.2. The number of amides is 1. The van der Waals surface area contributed by atoms with E-state index < -0.39 is 0 Å². The Kier molecular flexibility index (Phi) is 4.60. The standard InChI is InChI=1S/C16H15N3O2S/c20-15(6-5-12-3-1-7-17-9-12)18-10-13-11-21-16(19-13)14-4-2-8-22-14/h1-4,7-9,11H,5-6,10H2,(H,18,20). The largest absolute Gasteiger partial charge is 0.443 e. The normalized spacial score (nSPS) is 10.5. The van der Waals surface area contributed by atoms with Crippen LogP contribution in [0.4, 0.5) is 0 Å². The Balaban J connectivity index is 1.47. The summed E-state index contributed by atoms with van der Waals surface area (Å²) in [6, 6.07) is 7.73. The molecular weight excluding hydrogens is 298 g/mol. The molecule has 0 bridgehead atoms. The zero-order valence-electron chi connectivity index (χ0n) is 11.9. The summed E-state index contributed by atoms with van der Waals surface area (Å²) >= 11 is 1.57. The quantitative estimate of drug-likeness (QED) is 0.759. The predicted octanol–water partition coefficient (Wildman–Crippen LogP) is 3.05. The summed E-state index contributed by atoms with van der Waals surface area (Å²) in [4.78, 5) is 21.2. The van der Waals surface area contributed by atoms with Crippen LogP contribution >= 0.6 is 11.3 Å². The maximum Gasteiger partial charge on any atom is 0.236 e. The Labute approximate surface area is 132 Å². The Bertz CT molecular complexity index is 723. The van der Waals surface area contributed by atoms with Gasteiger partial charge in [0.05, 0.1) is 17.1 Å². The van der Waals surface area contributed by atoms with Crippen LogP contribution in [0.5, 0.6) is 0 Å². The summed E-state index contributed by atoms with van der Waals surface area (Å²) in [5.41, 5.74) is 1.78. The van der Waals surface area contributed by atoms with E-state index in [1.165, 1.54) is 0 Å². The van der Waals surface area contributed by atoms with E-state index in [9.17, 15) is 4.79 Å². The fraction of sp³-hybridized carbons (Fsp3) is 0.188.